The molecule has 1 aromatic carbocycles. The molecule has 1 atom stereocenters. The Morgan fingerprint density at radius 1 is 1.27 bits per heavy atom. The minimum atomic E-state index is -0.254. The van der Waals surface area contributed by atoms with E-state index in [1.165, 1.54) is 0 Å². The summed E-state index contributed by atoms with van der Waals surface area (Å²) in [7, 11) is 1.76. The number of hydrogen-bond acceptors (Lipinski definition) is 5. The van der Waals surface area contributed by atoms with E-state index in [2.05, 4.69) is 24.5 Å². The molecular formula is C22H34IN3O4. The number of halogens is 1. The van der Waals surface area contributed by atoms with E-state index in [1.54, 1.807) is 7.11 Å². The second-order valence-electron chi connectivity index (χ2n) is 7.32. The fourth-order valence-electron chi connectivity index (χ4n) is 3.53. The van der Waals surface area contributed by atoms with Gasteiger partial charge in [-0.05, 0) is 32.9 Å². The first-order valence-electron chi connectivity index (χ1n) is 10.4. The van der Waals surface area contributed by atoms with Crippen molar-refractivity contribution in [1.29, 1.82) is 0 Å². The summed E-state index contributed by atoms with van der Waals surface area (Å²) in [6, 6.07) is 7.94. The molecule has 2 aromatic rings. The molecule has 30 heavy (non-hydrogen) atoms. The van der Waals surface area contributed by atoms with Crippen LogP contribution in [0.25, 0.3) is 11.0 Å². The Kier molecular flexibility index (Phi) is 9.70. The summed E-state index contributed by atoms with van der Waals surface area (Å²) in [6.07, 6.45) is 1.71. The molecule has 2 heterocycles. The van der Waals surface area contributed by atoms with Gasteiger partial charge in [0, 0.05) is 45.1 Å². The third-order valence-electron chi connectivity index (χ3n) is 5.31. The molecule has 0 bridgehead atoms. The summed E-state index contributed by atoms with van der Waals surface area (Å²) in [4.78, 5) is 4.79. The minimum absolute atomic E-state index is 0. The van der Waals surface area contributed by atoms with Crippen molar-refractivity contribution in [2.45, 2.75) is 45.3 Å². The summed E-state index contributed by atoms with van der Waals surface area (Å²) in [5, 5.41) is 7.79. The van der Waals surface area contributed by atoms with Crippen molar-refractivity contribution in [2.24, 2.45) is 4.99 Å². The number of benzene rings is 1. The molecule has 0 aliphatic carbocycles. The van der Waals surface area contributed by atoms with Gasteiger partial charge in [-0.1, -0.05) is 12.1 Å². The van der Waals surface area contributed by atoms with E-state index in [-0.39, 0.29) is 35.6 Å². The molecule has 7 nitrogen and oxygen atoms in total. The van der Waals surface area contributed by atoms with Gasteiger partial charge in [0.25, 0.3) is 0 Å². The van der Waals surface area contributed by atoms with Gasteiger partial charge in [-0.15, -0.1) is 24.0 Å². The van der Waals surface area contributed by atoms with Gasteiger partial charge < -0.3 is 29.3 Å². The van der Waals surface area contributed by atoms with Crippen LogP contribution in [0.15, 0.2) is 33.7 Å². The van der Waals surface area contributed by atoms with E-state index < -0.39 is 0 Å². The van der Waals surface area contributed by atoms with Gasteiger partial charge in [-0.25, -0.2) is 0 Å². The van der Waals surface area contributed by atoms with Gasteiger partial charge in [-0.2, -0.15) is 0 Å². The highest BCUT2D eigenvalue weighted by Crippen LogP contribution is 2.31. The predicted octanol–water partition coefficient (Wildman–Crippen LogP) is 4.26. The Morgan fingerprint density at radius 2 is 2.03 bits per heavy atom. The largest absolute Gasteiger partial charge is 0.490 e. The first-order chi connectivity index (χ1) is 14.1. The Morgan fingerprint density at radius 3 is 2.70 bits per heavy atom. The highest BCUT2D eigenvalue weighted by Gasteiger charge is 2.32. The summed E-state index contributed by atoms with van der Waals surface area (Å²) in [6.45, 7) is 9.47. The Balaban J connectivity index is 0.00000320. The van der Waals surface area contributed by atoms with Crippen LogP contribution in [0.1, 0.15) is 45.4 Å². The third-order valence-corrected chi connectivity index (χ3v) is 5.31. The molecule has 1 aliphatic rings. The summed E-state index contributed by atoms with van der Waals surface area (Å²) in [5.74, 6) is 2.35. The average Bonchev–Trinajstić information content (AvgIpc) is 3.19. The lowest BCUT2D eigenvalue weighted by Crippen LogP contribution is -2.44. The molecule has 168 valence electrons. The van der Waals surface area contributed by atoms with Crippen molar-refractivity contribution in [2.75, 3.05) is 40.0 Å². The van der Waals surface area contributed by atoms with Gasteiger partial charge in [0.1, 0.15) is 5.76 Å². The normalized spacial score (nSPS) is 17.3. The Hall–Kier alpha value is -1.52. The second-order valence-corrected chi connectivity index (χ2v) is 7.32. The lowest BCUT2D eigenvalue weighted by molar-refractivity contribution is -0.0828. The number of para-hydroxylation sites is 1. The summed E-state index contributed by atoms with van der Waals surface area (Å²) < 4.78 is 23.1. The first kappa shape index (κ1) is 24.7. The number of aliphatic imine (C=N–C) groups is 1. The van der Waals surface area contributed by atoms with Crippen LogP contribution >= 0.6 is 24.0 Å². The highest BCUT2D eigenvalue weighted by atomic mass is 127. The molecule has 0 saturated carbocycles. The van der Waals surface area contributed by atoms with Crippen molar-refractivity contribution in [3.05, 3.63) is 30.0 Å². The van der Waals surface area contributed by atoms with E-state index in [0.29, 0.717) is 26.4 Å². The molecule has 2 N–H and O–H groups in total. The summed E-state index contributed by atoms with van der Waals surface area (Å²) >= 11 is 0. The zero-order valence-corrected chi connectivity index (χ0v) is 20.7. The van der Waals surface area contributed by atoms with Crippen LogP contribution in [0.4, 0.5) is 0 Å². The number of ether oxygens (including phenoxy) is 3. The van der Waals surface area contributed by atoms with E-state index in [4.69, 9.17) is 23.6 Å². The average molecular weight is 531 g/mol. The molecule has 3 rings (SSSR count). The third kappa shape index (κ3) is 6.01. The molecule has 0 amide bonds. The van der Waals surface area contributed by atoms with Crippen molar-refractivity contribution in [3.63, 3.8) is 0 Å². The molecule has 0 radical (unpaired) electrons. The van der Waals surface area contributed by atoms with Crippen LogP contribution in [0.2, 0.25) is 0 Å². The van der Waals surface area contributed by atoms with Crippen LogP contribution < -0.4 is 15.4 Å². The number of hydrogen-bond donors (Lipinski definition) is 2. The van der Waals surface area contributed by atoms with Gasteiger partial charge >= 0.3 is 0 Å². The number of methoxy groups -OCH3 is 1. The molecule has 1 saturated heterocycles. The molecule has 8 heteroatoms. The zero-order chi connectivity index (χ0) is 20.7. The molecule has 1 aliphatic heterocycles. The van der Waals surface area contributed by atoms with Crippen LogP contribution in [-0.2, 0) is 9.47 Å². The fourth-order valence-corrected chi connectivity index (χ4v) is 3.53. The zero-order valence-electron chi connectivity index (χ0n) is 18.3. The van der Waals surface area contributed by atoms with Gasteiger partial charge in [0.05, 0.1) is 24.8 Å². The number of nitrogens with one attached hydrogen (secondary N) is 2. The maximum absolute atomic E-state index is 6.12. The number of fused-ring (bicyclic) bond motifs is 1. The van der Waals surface area contributed by atoms with E-state index in [0.717, 1.165) is 47.8 Å². The second kappa shape index (κ2) is 11.8. The lowest BCUT2D eigenvalue weighted by atomic mass is 9.94. The quantitative estimate of drug-likeness (QED) is 0.301. The molecule has 1 aromatic heterocycles. The highest BCUT2D eigenvalue weighted by molar-refractivity contribution is 14.0. The smallest absolute Gasteiger partial charge is 0.191 e. The van der Waals surface area contributed by atoms with Crippen LogP contribution in [0, 0.1) is 0 Å². The van der Waals surface area contributed by atoms with E-state index in [9.17, 15) is 0 Å². The maximum Gasteiger partial charge on any atom is 0.191 e. The number of furan rings is 1. The number of guanidine groups is 1. The van der Waals surface area contributed by atoms with Crippen molar-refractivity contribution in [3.8, 4) is 5.75 Å². The SMILES string of the molecule is CCNC(=NCC1(OC)CCOCC1)NC(C)c1cc2cccc(OCC)c2o1.I. The van der Waals surface area contributed by atoms with Gasteiger partial charge in [0.15, 0.2) is 17.3 Å². The summed E-state index contributed by atoms with van der Waals surface area (Å²) in [5.41, 5.74) is 0.524. The topological polar surface area (TPSA) is 77.3 Å². The fraction of sp³-hybridized carbons (Fsp3) is 0.591. The Labute approximate surface area is 195 Å². The first-order valence-corrected chi connectivity index (χ1v) is 10.4. The molecule has 1 fully saturated rings. The molecular weight excluding hydrogens is 497 g/mol. The minimum Gasteiger partial charge on any atom is -0.490 e. The van der Waals surface area contributed by atoms with Crippen LogP contribution in [0.5, 0.6) is 5.75 Å². The number of nitrogens with zero attached hydrogens (tertiary/aromatic N) is 1. The standard InChI is InChI=1S/C22H33N3O4.HI/c1-5-23-21(24-15-22(26-4)10-12-27-13-11-22)25-16(3)19-14-17-8-7-9-18(28-6-2)20(17)29-19;/h7-9,14,16H,5-6,10-13,15H2,1-4H3,(H2,23,24,25);1H. The van der Waals surface area contributed by atoms with Crippen LogP contribution in [0.3, 0.4) is 0 Å². The van der Waals surface area contributed by atoms with Crippen molar-refractivity contribution < 1.29 is 18.6 Å². The van der Waals surface area contributed by atoms with Crippen molar-refractivity contribution >= 4 is 40.9 Å². The van der Waals surface area contributed by atoms with Crippen molar-refractivity contribution in [1.82, 2.24) is 10.6 Å². The van der Waals surface area contributed by atoms with E-state index in [1.807, 2.05) is 31.2 Å². The lowest BCUT2D eigenvalue weighted by Gasteiger charge is -2.34. The van der Waals surface area contributed by atoms with Gasteiger partial charge in [0.2, 0.25) is 0 Å². The predicted molar refractivity (Wildman–Crippen MR) is 130 cm³/mol. The molecule has 0 spiro atoms. The monoisotopic (exact) mass is 531 g/mol. The number of rotatable bonds is 8. The molecule has 1 unspecified atom stereocenters. The maximum atomic E-state index is 6.12. The van der Waals surface area contributed by atoms with Crippen LogP contribution in [-0.4, -0.2) is 51.6 Å². The van der Waals surface area contributed by atoms with E-state index >= 15 is 0 Å². The van der Waals surface area contributed by atoms with Gasteiger partial charge in [-0.3, -0.25) is 4.99 Å². The Bertz CT molecular complexity index is 818.